The summed E-state index contributed by atoms with van der Waals surface area (Å²) in [6, 6.07) is 4.70. The first-order valence-corrected chi connectivity index (χ1v) is 6.79. The molecule has 1 aromatic rings. The summed E-state index contributed by atoms with van der Waals surface area (Å²) < 4.78 is 5.72. The van der Waals surface area contributed by atoms with Crippen LogP contribution in [0, 0.1) is 13.8 Å². The molecule has 0 radical (unpaired) electrons. The van der Waals surface area contributed by atoms with E-state index < -0.39 is 11.8 Å². The molecule has 0 unspecified atom stereocenters. The molecule has 7 nitrogen and oxygen atoms in total. The zero-order valence-electron chi connectivity index (χ0n) is 12.5. The fraction of sp³-hybridized carbons (Fsp3) is 0.125. The van der Waals surface area contributed by atoms with Gasteiger partial charge in [0.15, 0.2) is 16.8 Å². The Morgan fingerprint density at radius 3 is 2.39 bits per heavy atom. The number of hydrogen-bond donors (Lipinski definition) is 2. The van der Waals surface area contributed by atoms with Crippen LogP contribution < -0.4 is 16.9 Å². The Morgan fingerprint density at radius 1 is 1.09 bits per heavy atom. The molecule has 0 spiro atoms. The second-order valence-corrected chi connectivity index (χ2v) is 5.23. The van der Waals surface area contributed by atoms with Crippen molar-refractivity contribution in [3.05, 3.63) is 50.7 Å². The van der Waals surface area contributed by atoms with Gasteiger partial charge in [-0.05, 0) is 26.0 Å². The summed E-state index contributed by atoms with van der Waals surface area (Å²) in [7, 11) is 0. The fourth-order valence-electron chi connectivity index (χ4n) is 2.64. The van der Waals surface area contributed by atoms with Crippen LogP contribution in [-0.2, 0) is 0 Å². The SMILES string of the molecule is Cc1c2oc3cccc(C(N)=O)c3nc-2c(C(N)=O)c(C)c1=O. The third-order valence-electron chi connectivity index (χ3n) is 3.80. The van der Waals surface area contributed by atoms with Crippen molar-refractivity contribution in [3.8, 4) is 11.5 Å². The van der Waals surface area contributed by atoms with Gasteiger partial charge >= 0.3 is 0 Å². The van der Waals surface area contributed by atoms with E-state index in [1.54, 1.807) is 19.1 Å². The van der Waals surface area contributed by atoms with Gasteiger partial charge in [0.25, 0.3) is 11.8 Å². The molecular formula is C16H13N3O4. The number of carbonyl (C=O) groups is 2. The molecule has 23 heavy (non-hydrogen) atoms. The molecule has 1 aromatic carbocycles. The average molecular weight is 311 g/mol. The molecule has 7 heteroatoms. The number of primary amides is 2. The fourth-order valence-corrected chi connectivity index (χ4v) is 2.64. The maximum atomic E-state index is 12.2. The topological polar surface area (TPSA) is 129 Å². The molecule has 0 aromatic heterocycles. The number of aromatic nitrogens is 1. The summed E-state index contributed by atoms with van der Waals surface area (Å²) in [6.07, 6.45) is 0. The zero-order chi connectivity index (χ0) is 16.9. The molecule has 2 aliphatic rings. The number of fused-ring (bicyclic) bond motifs is 2. The highest BCUT2D eigenvalue weighted by atomic mass is 16.3. The first-order valence-electron chi connectivity index (χ1n) is 6.79. The van der Waals surface area contributed by atoms with Crippen molar-refractivity contribution in [1.82, 2.24) is 4.98 Å². The monoisotopic (exact) mass is 311 g/mol. The van der Waals surface area contributed by atoms with Crippen LogP contribution >= 0.6 is 0 Å². The van der Waals surface area contributed by atoms with Crippen molar-refractivity contribution < 1.29 is 14.0 Å². The van der Waals surface area contributed by atoms with E-state index in [0.29, 0.717) is 5.56 Å². The molecule has 4 N–H and O–H groups in total. The Hall–Kier alpha value is -3.22. The normalized spacial score (nSPS) is 11.0. The van der Waals surface area contributed by atoms with Crippen molar-refractivity contribution in [2.24, 2.45) is 11.5 Å². The van der Waals surface area contributed by atoms with Crippen molar-refractivity contribution in [2.75, 3.05) is 0 Å². The summed E-state index contributed by atoms with van der Waals surface area (Å²) in [5.74, 6) is -1.29. The van der Waals surface area contributed by atoms with Crippen molar-refractivity contribution in [2.45, 2.75) is 13.8 Å². The molecule has 0 atom stereocenters. The number of rotatable bonds is 2. The number of hydrogen-bond acceptors (Lipinski definition) is 5. The van der Waals surface area contributed by atoms with Gasteiger partial charge in [-0.1, -0.05) is 6.07 Å². The largest absolute Gasteiger partial charge is 0.452 e. The van der Waals surface area contributed by atoms with Gasteiger partial charge in [-0.2, -0.15) is 0 Å². The third kappa shape index (κ3) is 2.05. The molecule has 1 aliphatic carbocycles. The van der Waals surface area contributed by atoms with E-state index in [2.05, 4.69) is 4.98 Å². The van der Waals surface area contributed by atoms with Crippen LogP contribution in [0.25, 0.3) is 22.6 Å². The first-order chi connectivity index (χ1) is 10.8. The van der Waals surface area contributed by atoms with Gasteiger partial charge in [0.1, 0.15) is 11.2 Å². The molecule has 0 fully saturated rings. The van der Waals surface area contributed by atoms with Gasteiger partial charge in [-0.3, -0.25) is 14.4 Å². The molecule has 116 valence electrons. The third-order valence-corrected chi connectivity index (χ3v) is 3.80. The molecule has 3 rings (SSSR count). The lowest BCUT2D eigenvalue weighted by molar-refractivity contribution is 0.0993. The molecule has 0 saturated heterocycles. The maximum Gasteiger partial charge on any atom is 0.251 e. The van der Waals surface area contributed by atoms with Gasteiger partial charge in [0.05, 0.1) is 11.1 Å². The number of nitrogens with zero attached hydrogens (tertiary/aromatic N) is 1. The average Bonchev–Trinajstić information content (AvgIpc) is 2.50. The smallest absolute Gasteiger partial charge is 0.251 e. The second kappa shape index (κ2) is 4.91. The van der Waals surface area contributed by atoms with Crippen LogP contribution in [0.4, 0.5) is 0 Å². The summed E-state index contributed by atoms with van der Waals surface area (Å²) >= 11 is 0. The van der Waals surface area contributed by atoms with Crippen LogP contribution in [0.2, 0.25) is 0 Å². The molecular weight excluding hydrogens is 298 g/mol. The van der Waals surface area contributed by atoms with Crippen molar-refractivity contribution in [3.63, 3.8) is 0 Å². The van der Waals surface area contributed by atoms with Crippen LogP contribution in [0.5, 0.6) is 0 Å². The predicted octanol–water partition coefficient (Wildman–Crippen LogP) is 1.11. The number of nitrogens with two attached hydrogens (primary N) is 2. The number of amides is 2. The highest BCUT2D eigenvalue weighted by molar-refractivity contribution is 6.05. The molecule has 2 amide bonds. The Bertz CT molecular complexity index is 1020. The minimum Gasteiger partial charge on any atom is -0.452 e. The second-order valence-electron chi connectivity index (χ2n) is 5.23. The molecule has 1 aliphatic heterocycles. The Balaban J connectivity index is 2.60. The number of para-hydroxylation sites is 1. The van der Waals surface area contributed by atoms with Crippen molar-refractivity contribution in [1.29, 1.82) is 0 Å². The Kier molecular flexibility index (Phi) is 3.14. The van der Waals surface area contributed by atoms with E-state index in [1.165, 1.54) is 13.0 Å². The summed E-state index contributed by atoms with van der Waals surface area (Å²) in [5, 5.41) is 0. The van der Waals surface area contributed by atoms with E-state index in [0.717, 1.165) is 0 Å². The Labute approximate surface area is 130 Å². The summed E-state index contributed by atoms with van der Waals surface area (Å²) in [6.45, 7) is 3.08. The quantitative estimate of drug-likeness (QED) is 0.685. The highest BCUT2D eigenvalue weighted by Gasteiger charge is 2.26. The molecule has 0 bridgehead atoms. The van der Waals surface area contributed by atoms with E-state index in [4.69, 9.17) is 15.9 Å². The van der Waals surface area contributed by atoms with Crippen molar-refractivity contribution >= 4 is 22.9 Å². The number of benzene rings is 2. The van der Waals surface area contributed by atoms with Crippen LogP contribution in [0.1, 0.15) is 31.8 Å². The van der Waals surface area contributed by atoms with Gasteiger partial charge < -0.3 is 15.9 Å². The van der Waals surface area contributed by atoms with Crippen LogP contribution in [-0.4, -0.2) is 16.8 Å². The van der Waals surface area contributed by atoms with E-state index in [-0.39, 0.29) is 44.7 Å². The molecule has 1 heterocycles. The minimum atomic E-state index is -0.789. The zero-order valence-corrected chi connectivity index (χ0v) is 12.5. The summed E-state index contributed by atoms with van der Waals surface area (Å²) in [5.41, 5.74) is 11.7. The number of carbonyl (C=O) groups excluding carboxylic acids is 2. The Morgan fingerprint density at radius 2 is 1.78 bits per heavy atom. The lowest BCUT2D eigenvalue weighted by Crippen LogP contribution is -2.23. The van der Waals surface area contributed by atoms with Crippen LogP contribution in [0.3, 0.4) is 0 Å². The minimum absolute atomic E-state index is 0.0134. The van der Waals surface area contributed by atoms with Crippen LogP contribution in [0.15, 0.2) is 27.4 Å². The standard InChI is InChI=1S/C16H13N3O4/c1-6-10(16(18)22)12-14(7(2)13(6)20)23-9-5-3-4-8(15(17)21)11(9)19-12/h3-5H,1-2H3,(H2,17,21)(H2,18,22). The molecule has 0 saturated carbocycles. The highest BCUT2D eigenvalue weighted by Crippen LogP contribution is 2.31. The van der Waals surface area contributed by atoms with Gasteiger partial charge in [-0.25, -0.2) is 4.98 Å². The van der Waals surface area contributed by atoms with E-state index in [1.807, 2.05) is 0 Å². The van der Waals surface area contributed by atoms with Gasteiger partial charge in [0.2, 0.25) is 0 Å². The van der Waals surface area contributed by atoms with Gasteiger partial charge in [0, 0.05) is 11.1 Å². The lowest BCUT2D eigenvalue weighted by Gasteiger charge is -2.14. The lowest BCUT2D eigenvalue weighted by atomic mass is 9.97. The first kappa shape index (κ1) is 14.7. The van der Waals surface area contributed by atoms with E-state index in [9.17, 15) is 14.4 Å². The predicted molar refractivity (Wildman–Crippen MR) is 83.4 cm³/mol. The summed E-state index contributed by atoms with van der Waals surface area (Å²) in [4.78, 5) is 39.9. The van der Waals surface area contributed by atoms with E-state index >= 15 is 0 Å². The maximum absolute atomic E-state index is 12.2. The van der Waals surface area contributed by atoms with Gasteiger partial charge in [-0.15, -0.1) is 0 Å².